The number of piperidine rings is 1. The van der Waals surface area contributed by atoms with Crippen molar-refractivity contribution in [3.63, 3.8) is 0 Å². The first-order chi connectivity index (χ1) is 7.42. The minimum absolute atomic E-state index is 0.801. The maximum Gasteiger partial charge on any atom is 0.102 e. The molecule has 0 unspecified atom stereocenters. The van der Waals surface area contributed by atoms with E-state index in [0.29, 0.717) is 0 Å². The number of nitrogens with one attached hydrogen (secondary N) is 1. The zero-order valence-electron chi connectivity index (χ0n) is 8.66. The predicted octanol–water partition coefficient (Wildman–Crippen LogP) is 2.69. The van der Waals surface area contributed by atoms with E-state index in [1.54, 1.807) is 0 Å². The molecule has 1 fully saturated rings. The van der Waals surface area contributed by atoms with Crippen molar-refractivity contribution < 1.29 is 0 Å². The van der Waals surface area contributed by atoms with Gasteiger partial charge in [-0.25, -0.2) is 0 Å². The highest BCUT2D eigenvalue weighted by Gasteiger charge is 2.11. The van der Waals surface area contributed by atoms with Crippen LogP contribution in [0.3, 0.4) is 0 Å². The highest BCUT2D eigenvalue weighted by atomic mass is 14.9. The minimum atomic E-state index is 0.801. The molecule has 2 heteroatoms. The van der Waals surface area contributed by atoms with Crippen LogP contribution < -0.4 is 5.32 Å². The molecule has 0 aromatic heterocycles. The summed E-state index contributed by atoms with van der Waals surface area (Å²) < 4.78 is 0. The van der Waals surface area contributed by atoms with Gasteiger partial charge in [-0.3, -0.25) is 0 Å². The summed E-state index contributed by atoms with van der Waals surface area (Å²) in [6.45, 7) is 0.993. The third kappa shape index (κ3) is 2.19. The van der Waals surface area contributed by atoms with Crippen molar-refractivity contribution in [2.45, 2.75) is 19.3 Å². The lowest BCUT2D eigenvalue weighted by atomic mass is 10.00. The van der Waals surface area contributed by atoms with Gasteiger partial charge in [0.25, 0.3) is 0 Å². The summed E-state index contributed by atoms with van der Waals surface area (Å²) in [5, 5.41) is 12.5. The Hall–Kier alpha value is -1.75. The Kier molecular flexibility index (Phi) is 3.04. The second-order valence-electron chi connectivity index (χ2n) is 3.72. The zero-order chi connectivity index (χ0) is 10.5. The van der Waals surface area contributed by atoms with Crippen LogP contribution in [0.25, 0.3) is 5.57 Å². The summed E-state index contributed by atoms with van der Waals surface area (Å²) in [6, 6.07) is 12.2. The van der Waals surface area contributed by atoms with Crippen LogP contribution in [-0.4, -0.2) is 6.54 Å². The standard InChI is InChI=1S/C13H14N2/c14-10-12(11-6-2-1-3-7-11)13-8-4-5-9-15-13/h1-3,6-7,15H,4-5,8-9H2/b13-12+. The van der Waals surface area contributed by atoms with Crippen molar-refractivity contribution >= 4 is 5.57 Å². The van der Waals surface area contributed by atoms with Crippen LogP contribution in [-0.2, 0) is 0 Å². The van der Waals surface area contributed by atoms with Crippen LogP contribution in [0.2, 0.25) is 0 Å². The summed E-state index contributed by atoms with van der Waals surface area (Å²) in [5.41, 5.74) is 2.93. The first kappa shape index (κ1) is 9.79. The number of benzene rings is 1. The third-order valence-corrected chi connectivity index (χ3v) is 2.67. The smallest absolute Gasteiger partial charge is 0.102 e. The summed E-state index contributed by atoms with van der Waals surface area (Å²) >= 11 is 0. The molecule has 0 amide bonds. The second kappa shape index (κ2) is 4.65. The fourth-order valence-corrected chi connectivity index (χ4v) is 1.88. The van der Waals surface area contributed by atoms with Crippen LogP contribution in [0.1, 0.15) is 24.8 Å². The molecule has 1 N–H and O–H groups in total. The molecule has 76 valence electrons. The highest BCUT2D eigenvalue weighted by molar-refractivity contribution is 5.79. The van der Waals surface area contributed by atoms with Crippen LogP contribution in [0, 0.1) is 11.3 Å². The Balaban J connectivity index is 2.35. The largest absolute Gasteiger partial charge is 0.387 e. The molecule has 1 aliphatic heterocycles. The van der Waals surface area contributed by atoms with Gasteiger partial charge >= 0.3 is 0 Å². The molecule has 2 rings (SSSR count). The summed E-state index contributed by atoms with van der Waals surface area (Å²) in [7, 11) is 0. The fraction of sp³-hybridized carbons (Fsp3) is 0.308. The average Bonchev–Trinajstić information content (AvgIpc) is 2.33. The first-order valence-electron chi connectivity index (χ1n) is 5.34. The Morgan fingerprint density at radius 3 is 2.60 bits per heavy atom. The van der Waals surface area contributed by atoms with E-state index in [-0.39, 0.29) is 0 Å². The average molecular weight is 198 g/mol. The molecule has 2 nitrogen and oxygen atoms in total. The van der Waals surface area contributed by atoms with Gasteiger partial charge in [0.05, 0.1) is 5.57 Å². The van der Waals surface area contributed by atoms with Crippen molar-refractivity contribution in [2.24, 2.45) is 0 Å². The molecule has 0 radical (unpaired) electrons. The zero-order valence-corrected chi connectivity index (χ0v) is 8.66. The van der Waals surface area contributed by atoms with E-state index in [9.17, 15) is 5.26 Å². The number of hydrogen-bond donors (Lipinski definition) is 1. The Bertz CT molecular complexity index is 390. The molecule has 0 atom stereocenters. The van der Waals surface area contributed by atoms with Crippen molar-refractivity contribution in [3.8, 4) is 6.07 Å². The SMILES string of the molecule is N#C/C(=C1/CCCCN1)c1ccccc1. The summed E-state index contributed by atoms with van der Waals surface area (Å²) in [5.74, 6) is 0. The third-order valence-electron chi connectivity index (χ3n) is 2.67. The maximum atomic E-state index is 9.18. The number of rotatable bonds is 1. The molecule has 1 aliphatic rings. The van der Waals surface area contributed by atoms with E-state index in [0.717, 1.165) is 29.8 Å². The van der Waals surface area contributed by atoms with Gasteiger partial charge in [-0.15, -0.1) is 0 Å². The Morgan fingerprint density at radius 1 is 1.20 bits per heavy atom. The molecule has 0 aliphatic carbocycles. The molecule has 1 heterocycles. The second-order valence-corrected chi connectivity index (χ2v) is 3.72. The van der Waals surface area contributed by atoms with Gasteiger partial charge in [-0.1, -0.05) is 30.3 Å². The fourth-order valence-electron chi connectivity index (χ4n) is 1.88. The lowest BCUT2D eigenvalue weighted by Crippen LogP contribution is -2.21. The predicted molar refractivity (Wildman–Crippen MR) is 60.8 cm³/mol. The number of allylic oxidation sites excluding steroid dienone is 2. The lowest BCUT2D eigenvalue weighted by Gasteiger charge is -2.18. The van der Waals surface area contributed by atoms with Crippen molar-refractivity contribution in [2.75, 3.05) is 6.54 Å². The first-order valence-corrected chi connectivity index (χ1v) is 5.34. The number of nitriles is 1. The molecule has 1 saturated heterocycles. The highest BCUT2D eigenvalue weighted by Crippen LogP contribution is 2.22. The minimum Gasteiger partial charge on any atom is -0.387 e. The van der Waals surface area contributed by atoms with Gasteiger partial charge < -0.3 is 5.32 Å². The van der Waals surface area contributed by atoms with Crippen molar-refractivity contribution in [1.29, 1.82) is 5.26 Å². The monoisotopic (exact) mass is 198 g/mol. The molecule has 15 heavy (non-hydrogen) atoms. The molecule has 0 saturated carbocycles. The van der Waals surface area contributed by atoms with Crippen LogP contribution >= 0.6 is 0 Å². The van der Waals surface area contributed by atoms with Gasteiger partial charge in [0.1, 0.15) is 6.07 Å². The van der Waals surface area contributed by atoms with Gasteiger partial charge in [-0.2, -0.15) is 5.26 Å². The normalized spacial score (nSPS) is 18.9. The van der Waals surface area contributed by atoms with Crippen molar-refractivity contribution in [3.05, 3.63) is 41.6 Å². The van der Waals surface area contributed by atoms with E-state index in [1.165, 1.54) is 12.8 Å². The van der Waals surface area contributed by atoms with Gasteiger partial charge in [-0.05, 0) is 24.8 Å². The Labute approximate surface area is 90.2 Å². The summed E-state index contributed by atoms with van der Waals surface area (Å²) in [6.07, 6.45) is 3.38. The topological polar surface area (TPSA) is 35.8 Å². The van der Waals surface area contributed by atoms with Crippen molar-refractivity contribution in [1.82, 2.24) is 5.32 Å². The molecule has 1 aromatic rings. The van der Waals surface area contributed by atoms with E-state index >= 15 is 0 Å². The number of nitrogens with zero attached hydrogens (tertiary/aromatic N) is 1. The lowest BCUT2D eigenvalue weighted by molar-refractivity contribution is 0.590. The molecule has 1 aromatic carbocycles. The molecular weight excluding hydrogens is 184 g/mol. The van der Waals surface area contributed by atoms with Gasteiger partial charge in [0, 0.05) is 12.2 Å². The molecular formula is C13H14N2. The quantitative estimate of drug-likeness (QED) is 0.704. The Morgan fingerprint density at radius 2 is 2.00 bits per heavy atom. The van der Waals surface area contributed by atoms with Crippen LogP contribution in [0.15, 0.2) is 36.0 Å². The maximum absolute atomic E-state index is 9.18. The van der Waals surface area contributed by atoms with Gasteiger partial charge in [0.15, 0.2) is 0 Å². The van der Waals surface area contributed by atoms with E-state index in [2.05, 4.69) is 11.4 Å². The molecule has 0 spiro atoms. The van der Waals surface area contributed by atoms with Gasteiger partial charge in [0.2, 0.25) is 0 Å². The van der Waals surface area contributed by atoms with E-state index in [4.69, 9.17) is 0 Å². The number of hydrogen-bond acceptors (Lipinski definition) is 2. The van der Waals surface area contributed by atoms with Crippen LogP contribution in [0.5, 0.6) is 0 Å². The van der Waals surface area contributed by atoms with E-state index in [1.807, 2.05) is 30.3 Å². The van der Waals surface area contributed by atoms with Crippen LogP contribution in [0.4, 0.5) is 0 Å². The molecule has 0 bridgehead atoms. The summed E-state index contributed by atoms with van der Waals surface area (Å²) in [4.78, 5) is 0. The van der Waals surface area contributed by atoms with E-state index < -0.39 is 0 Å².